The average molecular weight is 474 g/mol. The van der Waals surface area contributed by atoms with Gasteiger partial charge in [-0.15, -0.1) is 0 Å². The number of nitrogens with one attached hydrogen (secondary N) is 1. The van der Waals surface area contributed by atoms with Crippen LogP contribution in [0.4, 0.5) is 5.69 Å². The molecular weight excluding hydrogens is 450 g/mol. The summed E-state index contributed by atoms with van der Waals surface area (Å²) in [7, 11) is 0. The minimum absolute atomic E-state index is 0.0564. The first-order chi connectivity index (χ1) is 16.5. The summed E-state index contributed by atoms with van der Waals surface area (Å²) in [6.07, 6.45) is 1.51. The molecule has 1 atom stereocenters. The number of nitrogens with zero attached hydrogens (tertiary/aromatic N) is 2. The van der Waals surface area contributed by atoms with Crippen molar-refractivity contribution in [2.24, 2.45) is 0 Å². The van der Waals surface area contributed by atoms with Crippen molar-refractivity contribution in [1.82, 2.24) is 10.2 Å². The predicted octanol–water partition coefficient (Wildman–Crippen LogP) is 4.42. The molecule has 7 heteroatoms. The molecule has 0 aliphatic carbocycles. The van der Waals surface area contributed by atoms with Crippen molar-refractivity contribution >= 4 is 35.0 Å². The van der Waals surface area contributed by atoms with Crippen LogP contribution in [0.2, 0.25) is 5.02 Å². The molecular formula is C27H24ClN3O3. The fourth-order valence-electron chi connectivity index (χ4n) is 4.65. The van der Waals surface area contributed by atoms with Crippen molar-refractivity contribution in [3.63, 3.8) is 0 Å². The Labute approximate surface area is 203 Å². The molecule has 0 radical (unpaired) electrons. The van der Waals surface area contributed by atoms with E-state index in [4.69, 9.17) is 11.6 Å². The Kier molecular flexibility index (Phi) is 6.07. The van der Waals surface area contributed by atoms with Crippen LogP contribution in [0.15, 0.2) is 72.8 Å². The second-order valence-corrected chi connectivity index (χ2v) is 9.04. The fraction of sp³-hybridized carbons (Fsp3) is 0.222. The molecule has 0 spiro atoms. The van der Waals surface area contributed by atoms with Gasteiger partial charge >= 0.3 is 0 Å². The Morgan fingerprint density at radius 2 is 1.76 bits per heavy atom. The van der Waals surface area contributed by atoms with Gasteiger partial charge < -0.3 is 15.1 Å². The van der Waals surface area contributed by atoms with Gasteiger partial charge in [0.05, 0.1) is 17.8 Å². The minimum Gasteiger partial charge on any atom is -0.348 e. The number of benzene rings is 3. The zero-order valence-corrected chi connectivity index (χ0v) is 19.3. The summed E-state index contributed by atoms with van der Waals surface area (Å²) in [5, 5.41) is 3.52. The topological polar surface area (TPSA) is 69.7 Å². The highest BCUT2D eigenvalue weighted by atomic mass is 35.5. The van der Waals surface area contributed by atoms with Crippen LogP contribution in [0.5, 0.6) is 0 Å². The first-order valence-corrected chi connectivity index (χ1v) is 11.7. The van der Waals surface area contributed by atoms with Crippen molar-refractivity contribution in [3.8, 4) is 0 Å². The Bertz CT molecular complexity index is 1260. The molecule has 3 aromatic rings. The Balaban J connectivity index is 1.33. The van der Waals surface area contributed by atoms with Crippen molar-refractivity contribution in [1.29, 1.82) is 0 Å². The summed E-state index contributed by atoms with van der Waals surface area (Å²) in [5.41, 5.74) is 3.53. The van der Waals surface area contributed by atoms with Gasteiger partial charge in [0.2, 0.25) is 5.91 Å². The van der Waals surface area contributed by atoms with E-state index in [1.54, 1.807) is 34.1 Å². The third-order valence-electron chi connectivity index (χ3n) is 6.39. The van der Waals surface area contributed by atoms with E-state index < -0.39 is 6.04 Å². The smallest absolute Gasteiger partial charge is 0.256 e. The quantitative estimate of drug-likeness (QED) is 0.596. The predicted molar refractivity (Wildman–Crippen MR) is 131 cm³/mol. The van der Waals surface area contributed by atoms with Crippen molar-refractivity contribution in [2.75, 3.05) is 11.4 Å². The molecule has 34 heavy (non-hydrogen) atoms. The van der Waals surface area contributed by atoms with Crippen LogP contribution in [0.1, 0.15) is 44.7 Å². The van der Waals surface area contributed by atoms with Crippen LogP contribution >= 0.6 is 11.6 Å². The highest BCUT2D eigenvalue weighted by molar-refractivity contribution is 6.30. The first-order valence-electron chi connectivity index (χ1n) is 11.3. The lowest BCUT2D eigenvalue weighted by Gasteiger charge is -2.26. The van der Waals surface area contributed by atoms with Crippen LogP contribution < -0.4 is 10.2 Å². The molecule has 1 saturated heterocycles. The van der Waals surface area contributed by atoms with Gasteiger partial charge in [-0.2, -0.15) is 0 Å². The lowest BCUT2D eigenvalue weighted by atomic mass is 10.1. The van der Waals surface area contributed by atoms with Gasteiger partial charge in [-0.3, -0.25) is 14.4 Å². The van der Waals surface area contributed by atoms with Gasteiger partial charge in [0.15, 0.2) is 0 Å². The number of anilines is 1. The van der Waals surface area contributed by atoms with Gasteiger partial charge in [0, 0.05) is 23.7 Å². The van der Waals surface area contributed by atoms with Crippen LogP contribution in [0.3, 0.4) is 0 Å². The van der Waals surface area contributed by atoms with E-state index >= 15 is 0 Å². The number of carbonyl (C=O) groups is 3. The van der Waals surface area contributed by atoms with Gasteiger partial charge in [-0.05, 0) is 60.4 Å². The molecule has 3 aromatic carbocycles. The number of fused-ring (bicyclic) bond motifs is 2. The monoisotopic (exact) mass is 473 g/mol. The number of hydrogen-bond donors (Lipinski definition) is 1. The number of amides is 3. The van der Waals surface area contributed by atoms with Crippen LogP contribution in [-0.2, 0) is 17.9 Å². The molecule has 1 N–H and O–H groups in total. The number of hydrogen-bond acceptors (Lipinski definition) is 3. The first kappa shape index (κ1) is 22.2. The van der Waals surface area contributed by atoms with Crippen molar-refractivity contribution < 1.29 is 14.4 Å². The summed E-state index contributed by atoms with van der Waals surface area (Å²) in [4.78, 5) is 42.5. The highest BCUT2D eigenvalue weighted by Gasteiger charge is 2.41. The summed E-state index contributed by atoms with van der Waals surface area (Å²) < 4.78 is 0. The Morgan fingerprint density at radius 3 is 2.56 bits per heavy atom. The molecule has 2 heterocycles. The van der Waals surface area contributed by atoms with E-state index in [9.17, 15) is 14.4 Å². The summed E-state index contributed by atoms with van der Waals surface area (Å²) >= 11 is 6.00. The van der Waals surface area contributed by atoms with E-state index in [2.05, 4.69) is 5.32 Å². The van der Waals surface area contributed by atoms with Gasteiger partial charge in [-0.25, -0.2) is 0 Å². The minimum atomic E-state index is -0.420. The summed E-state index contributed by atoms with van der Waals surface area (Å²) in [6.45, 7) is 1.32. The normalized spacial score (nSPS) is 17.3. The molecule has 2 aliphatic rings. The van der Waals surface area contributed by atoms with Crippen LogP contribution in [-0.4, -0.2) is 35.2 Å². The van der Waals surface area contributed by atoms with E-state index in [1.807, 2.05) is 48.5 Å². The standard InChI is InChI=1S/C27H24ClN3O3/c28-21-6-3-5-19(15-21)16-29-25(32)20-12-10-18(11-13-20)17-31-23-8-2-1-7-22(23)26(33)30-14-4-9-24(30)27(31)34/h1-3,5-8,10-13,15,24H,4,9,14,16-17H2,(H,29,32)/t24-/m1/s1. The molecule has 5 rings (SSSR count). The molecule has 0 saturated carbocycles. The van der Waals surface area contributed by atoms with Crippen LogP contribution in [0, 0.1) is 0 Å². The maximum atomic E-state index is 13.4. The lowest BCUT2D eigenvalue weighted by molar-refractivity contribution is -0.122. The van der Waals surface area contributed by atoms with Crippen molar-refractivity contribution in [2.45, 2.75) is 32.0 Å². The molecule has 0 bridgehead atoms. The molecule has 2 aliphatic heterocycles. The van der Waals surface area contributed by atoms with Gasteiger partial charge in [-0.1, -0.05) is 48.0 Å². The number of rotatable bonds is 5. The molecule has 1 fully saturated rings. The molecule has 0 unspecified atom stereocenters. The van der Waals surface area contributed by atoms with E-state index in [-0.39, 0.29) is 17.7 Å². The zero-order valence-electron chi connectivity index (χ0n) is 18.5. The van der Waals surface area contributed by atoms with E-state index in [0.29, 0.717) is 47.9 Å². The maximum absolute atomic E-state index is 13.4. The summed E-state index contributed by atoms with van der Waals surface area (Å²) in [5.74, 6) is -0.324. The van der Waals surface area contributed by atoms with Gasteiger partial charge in [0.25, 0.3) is 11.8 Å². The lowest BCUT2D eigenvalue weighted by Crippen LogP contribution is -2.44. The van der Waals surface area contributed by atoms with Crippen molar-refractivity contribution in [3.05, 3.63) is 100 Å². The van der Waals surface area contributed by atoms with E-state index in [1.165, 1.54) is 0 Å². The number of carbonyl (C=O) groups excluding carboxylic acids is 3. The average Bonchev–Trinajstić information content (AvgIpc) is 3.33. The second kappa shape index (κ2) is 9.31. The Hall–Kier alpha value is -3.64. The fourth-order valence-corrected chi connectivity index (χ4v) is 4.86. The summed E-state index contributed by atoms with van der Waals surface area (Å²) in [6, 6.07) is 21.4. The van der Waals surface area contributed by atoms with E-state index in [0.717, 1.165) is 17.5 Å². The van der Waals surface area contributed by atoms with Crippen LogP contribution in [0.25, 0.3) is 0 Å². The molecule has 3 amide bonds. The van der Waals surface area contributed by atoms with Gasteiger partial charge in [0.1, 0.15) is 6.04 Å². The Morgan fingerprint density at radius 1 is 0.971 bits per heavy atom. The zero-order chi connectivity index (χ0) is 23.7. The SMILES string of the molecule is O=C(NCc1cccc(Cl)c1)c1ccc(CN2C(=O)[C@H]3CCCN3C(=O)c3ccccc32)cc1. The molecule has 0 aromatic heterocycles. The maximum Gasteiger partial charge on any atom is 0.256 e. The third-order valence-corrected chi connectivity index (χ3v) is 6.62. The second-order valence-electron chi connectivity index (χ2n) is 8.61. The molecule has 172 valence electrons. The third kappa shape index (κ3) is 4.29. The largest absolute Gasteiger partial charge is 0.348 e. The molecule has 6 nitrogen and oxygen atoms in total. The number of halogens is 1. The highest BCUT2D eigenvalue weighted by Crippen LogP contribution is 2.33. The number of para-hydroxylation sites is 1.